The quantitative estimate of drug-likeness (QED) is 0.140. The van der Waals surface area contributed by atoms with Crippen molar-refractivity contribution < 1.29 is 0 Å². The van der Waals surface area contributed by atoms with E-state index in [1.54, 1.807) is 0 Å². The lowest BCUT2D eigenvalue weighted by Gasteiger charge is -2.35. The predicted octanol–water partition coefficient (Wildman–Crippen LogP) is 18.4. The van der Waals surface area contributed by atoms with E-state index in [1.165, 1.54) is 132 Å². The molecule has 3 aliphatic rings. The standard InChI is InChI=1S/C67H57N/c1-46-35-44-57(58-30-17-24-52-23-16-29-55(65(52)58)51-21-8-4-9-22-51)64(45-46)68(54-42-40-50(41-43-54)49-38-36-48(37-39-49)47-19-6-3-7-20-47)63-34-15-13-27-56(63)59-31-18-33-62-66(59)60-28-12-14-32-61(60)67(62,2)53-25-10-5-11-26-53/h3,5-7,10-20,23-34,36-46,51H,4,8-9,21-22,35H2,1-2H3. The molecule has 0 heterocycles. The molecule has 0 aromatic heterocycles. The number of hydrogen-bond acceptors (Lipinski definition) is 1. The van der Waals surface area contributed by atoms with Crippen molar-refractivity contribution in [2.24, 2.45) is 5.92 Å². The molecule has 2 unspecified atom stereocenters. The summed E-state index contributed by atoms with van der Waals surface area (Å²) in [5.74, 6) is 0.943. The van der Waals surface area contributed by atoms with Gasteiger partial charge in [-0.1, -0.05) is 232 Å². The molecule has 0 aliphatic heterocycles. The summed E-state index contributed by atoms with van der Waals surface area (Å²) >= 11 is 0. The Bertz CT molecular complexity index is 3350. The molecule has 0 radical (unpaired) electrons. The highest BCUT2D eigenvalue weighted by Gasteiger charge is 2.42. The fourth-order valence-corrected chi connectivity index (χ4v) is 12.1. The minimum absolute atomic E-state index is 0.297. The van der Waals surface area contributed by atoms with Gasteiger partial charge < -0.3 is 4.90 Å². The summed E-state index contributed by atoms with van der Waals surface area (Å²) < 4.78 is 0. The molecule has 9 aromatic carbocycles. The first kappa shape index (κ1) is 41.9. The SMILES string of the molecule is CC1C=C(N(c2ccc(-c3ccc(-c4ccccc4)cc3)cc2)c2ccccc2-c2cccc3c2-c2ccccc2C3(C)c2ccccc2)C(c2cccc3cccc(C4CCCCC4)c23)=CC1. The maximum atomic E-state index is 2.60. The number of benzene rings is 9. The first-order chi connectivity index (χ1) is 33.5. The molecule has 2 atom stereocenters. The lowest BCUT2D eigenvalue weighted by molar-refractivity contribution is 0.445. The normalized spacial score (nSPS) is 17.8. The topological polar surface area (TPSA) is 3.24 Å². The van der Waals surface area contributed by atoms with Crippen molar-refractivity contribution in [2.45, 2.75) is 63.7 Å². The smallest absolute Gasteiger partial charge is 0.0540 e. The van der Waals surface area contributed by atoms with E-state index in [0.29, 0.717) is 11.8 Å². The number of rotatable bonds is 9. The fraction of sp³-hybridized carbons (Fsp3) is 0.164. The van der Waals surface area contributed by atoms with Crippen LogP contribution in [-0.2, 0) is 5.41 Å². The molecule has 0 bridgehead atoms. The molecule has 9 aromatic rings. The number of anilines is 2. The summed E-state index contributed by atoms with van der Waals surface area (Å²) in [5, 5.41) is 2.76. The largest absolute Gasteiger partial charge is 0.310 e. The number of hydrogen-bond donors (Lipinski definition) is 0. The van der Waals surface area contributed by atoms with Gasteiger partial charge in [0.05, 0.1) is 5.69 Å². The van der Waals surface area contributed by atoms with Crippen molar-refractivity contribution in [3.8, 4) is 44.5 Å². The lowest BCUT2D eigenvalue weighted by atomic mass is 9.74. The van der Waals surface area contributed by atoms with Crippen molar-refractivity contribution in [1.82, 2.24) is 0 Å². The molecule has 0 saturated heterocycles. The van der Waals surface area contributed by atoms with Gasteiger partial charge in [-0.3, -0.25) is 0 Å². The van der Waals surface area contributed by atoms with Crippen molar-refractivity contribution in [1.29, 1.82) is 0 Å². The van der Waals surface area contributed by atoms with Gasteiger partial charge in [0.2, 0.25) is 0 Å². The molecule has 0 spiro atoms. The molecule has 0 N–H and O–H groups in total. The van der Waals surface area contributed by atoms with Gasteiger partial charge >= 0.3 is 0 Å². The summed E-state index contributed by atoms with van der Waals surface area (Å²) in [6.45, 7) is 4.80. The first-order valence-electron chi connectivity index (χ1n) is 24.9. The van der Waals surface area contributed by atoms with Gasteiger partial charge in [-0.05, 0) is 134 Å². The van der Waals surface area contributed by atoms with Gasteiger partial charge in [-0.15, -0.1) is 0 Å². The van der Waals surface area contributed by atoms with Crippen LogP contribution in [0.2, 0.25) is 0 Å². The molecule has 68 heavy (non-hydrogen) atoms. The molecule has 1 saturated carbocycles. The highest BCUT2D eigenvalue weighted by molar-refractivity contribution is 6.04. The van der Waals surface area contributed by atoms with Crippen molar-refractivity contribution in [3.05, 3.63) is 258 Å². The summed E-state index contributed by atoms with van der Waals surface area (Å²) in [6, 6.07) is 79.5. The van der Waals surface area contributed by atoms with Crippen LogP contribution in [0.15, 0.2) is 230 Å². The lowest BCUT2D eigenvalue weighted by Crippen LogP contribution is -2.22. The predicted molar refractivity (Wildman–Crippen MR) is 288 cm³/mol. The number of fused-ring (bicyclic) bond motifs is 4. The number of nitrogens with zero attached hydrogens (tertiary/aromatic N) is 1. The summed E-state index contributed by atoms with van der Waals surface area (Å²) in [4.78, 5) is 2.60. The van der Waals surface area contributed by atoms with E-state index in [-0.39, 0.29) is 5.41 Å². The maximum absolute atomic E-state index is 2.60. The average Bonchev–Trinajstić information content (AvgIpc) is 3.68. The van der Waals surface area contributed by atoms with Gasteiger partial charge in [0, 0.05) is 27.9 Å². The van der Waals surface area contributed by atoms with E-state index < -0.39 is 0 Å². The second-order valence-electron chi connectivity index (χ2n) is 19.6. The zero-order chi connectivity index (χ0) is 45.6. The molecule has 1 nitrogen and oxygen atoms in total. The van der Waals surface area contributed by atoms with E-state index in [4.69, 9.17) is 0 Å². The van der Waals surface area contributed by atoms with Crippen LogP contribution in [0.25, 0.3) is 60.9 Å². The Kier molecular flexibility index (Phi) is 10.9. The Labute approximate surface area is 402 Å². The van der Waals surface area contributed by atoms with E-state index in [9.17, 15) is 0 Å². The Morgan fingerprint density at radius 3 is 1.76 bits per heavy atom. The zero-order valence-electron chi connectivity index (χ0n) is 39.2. The Hall–Kier alpha value is -7.48. The third kappa shape index (κ3) is 7.24. The fourth-order valence-electron chi connectivity index (χ4n) is 12.1. The number of para-hydroxylation sites is 1. The highest BCUT2D eigenvalue weighted by Crippen LogP contribution is 2.56. The Morgan fingerprint density at radius 1 is 0.471 bits per heavy atom. The first-order valence-corrected chi connectivity index (χ1v) is 24.9. The van der Waals surface area contributed by atoms with E-state index >= 15 is 0 Å². The molecule has 330 valence electrons. The van der Waals surface area contributed by atoms with E-state index in [0.717, 1.165) is 12.1 Å². The third-order valence-electron chi connectivity index (χ3n) is 15.5. The molecule has 12 rings (SSSR count). The van der Waals surface area contributed by atoms with Crippen molar-refractivity contribution in [2.75, 3.05) is 4.90 Å². The maximum Gasteiger partial charge on any atom is 0.0540 e. The van der Waals surface area contributed by atoms with Crippen LogP contribution in [0.1, 0.15) is 86.1 Å². The monoisotopic (exact) mass is 875 g/mol. The van der Waals surface area contributed by atoms with Gasteiger partial charge in [0.1, 0.15) is 0 Å². The van der Waals surface area contributed by atoms with Crippen LogP contribution in [0.3, 0.4) is 0 Å². The molecule has 1 fully saturated rings. The highest BCUT2D eigenvalue weighted by atomic mass is 15.2. The summed E-state index contributed by atoms with van der Waals surface area (Å²) in [6.07, 6.45) is 12.6. The van der Waals surface area contributed by atoms with Crippen LogP contribution >= 0.6 is 0 Å². The molecular formula is C67H57N. The second kappa shape index (κ2) is 17.6. The van der Waals surface area contributed by atoms with Gasteiger partial charge in [0.25, 0.3) is 0 Å². The minimum atomic E-state index is -0.297. The van der Waals surface area contributed by atoms with Crippen LogP contribution in [-0.4, -0.2) is 0 Å². The van der Waals surface area contributed by atoms with E-state index in [1.807, 2.05) is 0 Å². The van der Waals surface area contributed by atoms with Crippen LogP contribution in [0.5, 0.6) is 0 Å². The van der Waals surface area contributed by atoms with Gasteiger partial charge in [-0.2, -0.15) is 0 Å². The molecule has 0 amide bonds. The Morgan fingerprint density at radius 2 is 1.03 bits per heavy atom. The minimum Gasteiger partial charge on any atom is -0.310 e. The summed E-state index contributed by atoms with van der Waals surface area (Å²) in [5.41, 5.74) is 21.4. The Balaban J connectivity index is 1.05. The van der Waals surface area contributed by atoms with Crippen LogP contribution in [0.4, 0.5) is 11.4 Å². The van der Waals surface area contributed by atoms with Gasteiger partial charge in [0.15, 0.2) is 0 Å². The van der Waals surface area contributed by atoms with Gasteiger partial charge in [-0.25, -0.2) is 0 Å². The molecule has 1 heteroatoms. The molecular weight excluding hydrogens is 819 g/mol. The van der Waals surface area contributed by atoms with Crippen molar-refractivity contribution in [3.63, 3.8) is 0 Å². The van der Waals surface area contributed by atoms with Crippen LogP contribution < -0.4 is 4.90 Å². The van der Waals surface area contributed by atoms with E-state index in [2.05, 4.69) is 243 Å². The average molecular weight is 876 g/mol. The summed E-state index contributed by atoms with van der Waals surface area (Å²) in [7, 11) is 0. The molecule has 3 aliphatic carbocycles. The van der Waals surface area contributed by atoms with Crippen molar-refractivity contribution >= 4 is 27.7 Å². The zero-order valence-corrected chi connectivity index (χ0v) is 39.2. The second-order valence-corrected chi connectivity index (χ2v) is 19.6. The van der Waals surface area contributed by atoms with Crippen LogP contribution in [0, 0.1) is 5.92 Å². The third-order valence-corrected chi connectivity index (χ3v) is 15.5. The number of allylic oxidation sites excluding steroid dienone is 3.